The van der Waals surface area contributed by atoms with E-state index in [2.05, 4.69) is 20.2 Å². The number of pyridine rings is 2. The molecule has 3 fully saturated rings. The fourth-order valence-corrected chi connectivity index (χ4v) is 5.42. The number of hydrogen-bond acceptors (Lipinski definition) is 7. The quantitative estimate of drug-likeness (QED) is 0.543. The van der Waals surface area contributed by atoms with Crippen LogP contribution in [0.5, 0.6) is 0 Å². The van der Waals surface area contributed by atoms with Crippen LogP contribution in [-0.4, -0.2) is 35.0 Å². The van der Waals surface area contributed by atoms with Crippen molar-refractivity contribution in [2.45, 2.75) is 50.5 Å². The highest BCUT2D eigenvalue weighted by atomic mass is 16.3. The van der Waals surface area contributed by atoms with Gasteiger partial charge in [-0.15, -0.1) is 0 Å². The molecule has 5 N–H and O–H groups in total. The van der Waals surface area contributed by atoms with Crippen molar-refractivity contribution in [3.63, 3.8) is 0 Å². The number of rotatable bonds is 5. The van der Waals surface area contributed by atoms with Gasteiger partial charge >= 0.3 is 0 Å². The number of nitrogens with one attached hydrogen (secondary N) is 1. The molecule has 172 valence electrons. The van der Waals surface area contributed by atoms with Crippen LogP contribution in [0.15, 0.2) is 35.1 Å². The molecule has 0 aromatic carbocycles. The number of fused-ring (bicyclic) bond motifs is 1. The number of carbonyl (C=O) groups is 1. The van der Waals surface area contributed by atoms with E-state index in [1.165, 1.54) is 32.1 Å². The maximum Gasteiger partial charge on any atom is 0.263 e. The lowest BCUT2D eigenvalue weighted by Gasteiger charge is -2.38. The third-order valence-electron chi connectivity index (χ3n) is 7.57. The second-order valence-electron chi connectivity index (χ2n) is 9.93. The zero-order chi connectivity index (χ0) is 22.5. The summed E-state index contributed by atoms with van der Waals surface area (Å²) in [6, 6.07) is 4.04. The highest BCUT2D eigenvalue weighted by molar-refractivity contribution is 6.15. The van der Waals surface area contributed by atoms with Gasteiger partial charge in [0.1, 0.15) is 11.1 Å². The van der Waals surface area contributed by atoms with Crippen LogP contribution in [0.4, 0.5) is 17.3 Å². The van der Waals surface area contributed by atoms with Gasteiger partial charge in [-0.2, -0.15) is 0 Å². The van der Waals surface area contributed by atoms with Crippen molar-refractivity contribution >= 4 is 34.3 Å². The first-order chi connectivity index (χ1) is 16.1. The lowest BCUT2D eigenvalue weighted by molar-refractivity contribution is 0.102. The SMILES string of the molecule is Nc1oc2cc(C3CCC3)cnc2c1C(=O)Nc1cnccc1N1CC(C2CC2)C[C@H](N)C1. The van der Waals surface area contributed by atoms with E-state index in [4.69, 9.17) is 15.9 Å². The van der Waals surface area contributed by atoms with Gasteiger partial charge in [-0.25, -0.2) is 0 Å². The van der Waals surface area contributed by atoms with E-state index in [0.717, 1.165) is 36.7 Å². The van der Waals surface area contributed by atoms with E-state index in [1.54, 1.807) is 12.4 Å². The third kappa shape index (κ3) is 3.82. The van der Waals surface area contributed by atoms with Gasteiger partial charge < -0.3 is 26.1 Å². The van der Waals surface area contributed by atoms with Crippen LogP contribution in [0, 0.1) is 11.8 Å². The molecule has 2 aliphatic carbocycles. The van der Waals surface area contributed by atoms with E-state index in [1.807, 2.05) is 18.3 Å². The molecule has 2 saturated carbocycles. The summed E-state index contributed by atoms with van der Waals surface area (Å²) < 4.78 is 5.74. The fraction of sp³-hybridized carbons (Fsp3) is 0.480. The highest BCUT2D eigenvalue weighted by Crippen LogP contribution is 2.42. The van der Waals surface area contributed by atoms with Crippen LogP contribution in [-0.2, 0) is 0 Å². The monoisotopic (exact) mass is 446 g/mol. The first kappa shape index (κ1) is 20.5. The Morgan fingerprint density at radius 2 is 2.00 bits per heavy atom. The van der Waals surface area contributed by atoms with E-state index >= 15 is 0 Å². The summed E-state index contributed by atoms with van der Waals surface area (Å²) in [6.07, 6.45) is 12.5. The van der Waals surface area contributed by atoms with Crippen molar-refractivity contribution in [2.75, 3.05) is 29.0 Å². The molecule has 3 aromatic heterocycles. The first-order valence-corrected chi connectivity index (χ1v) is 12.0. The van der Waals surface area contributed by atoms with Crippen LogP contribution >= 0.6 is 0 Å². The Morgan fingerprint density at radius 1 is 1.15 bits per heavy atom. The summed E-state index contributed by atoms with van der Waals surface area (Å²) in [5, 5.41) is 3.01. The summed E-state index contributed by atoms with van der Waals surface area (Å²) >= 11 is 0. The molecule has 8 heteroatoms. The molecule has 3 aromatic rings. The second kappa shape index (κ2) is 8.02. The smallest absolute Gasteiger partial charge is 0.263 e. The molecule has 3 aliphatic rings. The maximum atomic E-state index is 13.3. The summed E-state index contributed by atoms with van der Waals surface area (Å²) in [5.41, 5.74) is 16.6. The second-order valence-corrected chi connectivity index (χ2v) is 9.93. The Morgan fingerprint density at radius 3 is 2.76 bits per heavy atom. The molecule has 0 spiro atoms. The topological polar surface area (TPSA) is 123 Å². The van der Waals surface area contributed by atoms with E-state index in [0.29, 0.717) is 28.6 Å². The lowest BCUT2D eigenvalue weighted by Crippen LogP contribution is -2.48. The Bertz CT molecular complexity index is 1200. The lowest BCUT2D eigenvalue weighted by atomic mass is 9.81. The predicted octanol–water partition coefficient (Wildman–Crippen LogP) is 3.89. The van der Waals surface area contributed by atoms with E-state index < -0.39 is 0 Å². The average molecular weight is 447 g/mol. The number of nitrogen functional groups attached to an aromatic ring is 1. The fourth-order valence-electron chi connectivity index (χ4n) is 5.42. The van der Waals surface area contributed by atoms with Crippen LogP contribution in [0.3, 0.4) is 0 Å². The molecule has 8 nitrogen and oxygen atoms in total. The van der Waals surface area contributed by atoms with Crippen molar-refractivity contribution in [3.8, 4) is 0 Å². The zero-order valence-corrected chi connectivity index (χ0v) is 18.7. The third-order valence-corrected chi connectivity index (χ3v) is 7.57. The molecule has 1 saturated heterocycles. The molecule has 4 heterocycles. The minimum Gasteiger partial charge on any atom is -0.438 e. The minimum atomic E-state index is -0.343. The van der Waals surface area contributed by atoms with Crippen molar-refractivity contribution in [1.29, 1.82) is 0 Å². The molecular weight excluding hydrogens is 416 g/mol. The van der Waals surface area contributed by atoms with E-state index in [-0.39, 0.29) is 23.4 Å². The molecule has 1 amide bonds. The van der Waals surface area contributed by atoms with Gasteiger partial charge in [-0.1, -0.05) is 6.42 Å². The van der Waals surface area contributed by atoms with Gasteiger partial charge in [-0.3, -0.25) is 14.8 Å². The molecular formula is C25H30N6O2. The summed E-state index contributed by atoms with van der Waals surface area (Å²) in [4.78, 5) is 24.4. The first-order valence-electron chi connectivity index (χ1n) is 12.0. The zero-order valence-electron chi connectivity index (χ0n) is 18.7. The van der Waals surface area contributed by atoms with Gasteiger partial charge in [-0.05, 0) is 67.6 Å². The van der Waals surface area contributed by atoms with Crippen LogP contribution in [0.25, 0.3) is 11.1 Å². The van der Waals surface area contributed by atoms with Crippen LogP contribution in [0.1, 0.15) is 60.4 Å². The minimum absolute atomic E-state index is 0.0833. The van der Waals surface area contributed by atoms with Crippen molar-refractivity contribution in [3.05, 3.63) is 41.9 Å². The van der Waals surface area contributed by atoms with Gasteiger partial charge in [0, 0.05) is 31.5 Å². The summed E-state index contributed by atoms with van der Waals surface area (Å²) in [6.45, 7) is 1.71. The molecule has 33 heavy (non-hydrogen) atoms. The van der Waals surface area contributed by atoms with Gasteiger partial charge in [0.25, 0.3) is 5.91 Å². The number of furan rings is 1. The standard InChI is InChI=1S/C25H30N6O2/c26-18-8-17(15-4-5-15)12-31(13-18)20-6-7-28-11-19(20)30-25(32)22-23-21(33-24(22)27)9-16(10-29-23)14-2-1-3-14/h6-7,9-11,14-15,17-18H,1-5,8,12-13,26-27H2,(H,30,32)/t17?,18-/m0/s1. The summed E-state index contributed by atoms with van der Waals surface area (Å²) in [7, 11) is 0. The number of amides is 1. The predicted molar refractivity (Wildman–Crippen MR) is 128 cm³/mol. The number of nitrogens with two attached hydrogens (primary N) is 2. The Balaban J connectivity index is 1.27. The number of piperidine rings is 1. The molecule has 0 radical (unpaired) electrons. The molecule has 6 rings (SSSR count). The van der Waals surface area contributed by atoms with Gasteiger partial charge in [0.05, 0.1) is 17.6 Å². The van der Waals surface area contributed by atoms with Crippen molar-refractivity contribution in [2.24, 2.45) is 17.6 Å². The van der Waals surface area contributed by atoms with Gasteiger partial charge in [0.2, 0.25) is 5.88 Å². The highest BCUT2D eigenvalue weighted by Gasteiger charge is 2.37. The Kier molecular flexibility index (Phi) is 4.98. The van der Waals surface area contributed by atoms with Crippen molar-refractivity contribution in [1.82, 2.24) is 9.97 Å². The molecule has 0 bridgehead atoms. The maximum absolute atomic E-state index is 13.3. The molecule has 2 atom stereocenters. The van der Waals surface area contributed by atoms with Gasteiger partial charge in [0.15, 0.2) is 5.58 Å². The Hall–Kier alpha value is -3.13. The number of anilines is 3. The number of aromatic nitrogens is 2. The largest absolute Gasteiger partial charge is 0.438 e. The number of hydrogen-bond donors (Lipinski definition) is 3. The van der Waals surface area contributed by atoms with Crippen LogP contribution < -0.4 is 21.7 Å². The van der Waals surface area contributed by atoms with Crippen LogP contribution in [0.2, 0.25) is 0 Å². The molecule has 1 unspecified atom stereocenters. The number of carbonyl (C=O) groups excluding carboxylic acids is 1. The Labute approximate surface area is 192 Å². The number of nitrogens with zero attached hydrogens (tertiary/aromatic N) is 3. The van der Waals surface area contributed by atoms with E-state index in [9.17, 15) is 4.79 Å². The summed E-state index contributed by atoms with van der Waals surface area (Å²) in [5.74, 6) is 1.66. The van der Waals surface area contributed by atoms with Crippen molar-refractivity contribution < 1.29 is 9.21 Å². The normalized spacial score (nSPS) is 23.5. The average Bonchev–Trinajstić information content (AvgIpc) is 3.55. The molecule has 1 aliphatic heterocycles.